The van der Waals surface area contributed by atoms with E-state index in [9.17, 15) is 4.79 Å². The lowest BCUT2D eigenvalue weighted by atomic mass is 9.73. The summed E-state index contributed by atoms with van der Waals surface area (Å²) in [5, 5.41) is 0.621. The number of halogens is 1. The van der Waals surface area contributed by atoms with E-state index in [1.54, 1.807) is 18.3 Å². The molecule has 1 unspecified atom stereocenters. The average molecular weight is 318 g/mol. The number of carbonyl (C=O) groups is 1. The van der Waals surface area contributed by atoms with E-state index in [1.165, 1.54) is 0 Å². The number of nitrogens with two attached hydrogens (primary N) is 1. The summed E-state index contributed by atoms with van der Waals surface area (Å²) in [7, 11) is 3.93. The van der Waals surface area contributed by atoms with Crippen molar-refractivity contribution in [1.82, 2.24) is 9.88 Å². The maximum absolute atomic E-state index is 12.5. The minimum atomic E-state index is -0.962. The van der Waals surface area contributed by atoms with Crippen LogP contribution in [-0.2, 0) is 10.2 Å². The third kappa shape index (κ3) is 3.29. The number of amides is 1. The molecule has 2 rings (SSSR count). The number of nitrogens with zero attached hydrogens (tertiary/aromatic N) is 2. The van der Waals surface area contributed by atoms with E-state index in [-0.39, 0.29) is 0 Å². The Morgan fingerprint density at radius 3 is 2.41 bits per heavy atom. The highest BCUT2D eigenvalue weighted by molar-refractivity contribution is 6.30. The van der Waals surface area contributed by atoms with Gasteiger partial charge in [-0.3, -0.25) is 9.78 Å². The van der Waals surface area contributed by atoms with Gasteiger partial charge in [0.15, 0.2) is 0 Å². The van der Waals surface area contributed by atoms with E-state index in [0.717, 1.165) is 5.56 Å². The first-order valence-electron chi connectivity index (χ1n) is 7.09. The fourth-order valence-electron chi connectivity index (χ4n) is 2.55. The highest BCUT2D eigenvalue weighted by Crippen LogP contribution is 2.35. The highest BCUT2D eigenvalue weighted by atomic mass is 35.5. The van der Waals surface area contributed by atoms with Gasteiger partial charge in [-0.25, -0.2) is 0 Å². The summed E-state index contributed by atoms with van der Waals surface area (Å²) in [6, 6.07) is 12.8. The molecule has 0 saturated carbocycles. The first kappa shape index (κ1) is 16.5. The zero-order valence-electron chi connectivity index (χ0n) is 12.8. The van der Waals surface area contributed by atoms with E-state index in [4.69, 9.17) is 17.3 Å². The molecule has 22 heavy (non-hydrogen) atoms. The SMILES string of the molecule is CN(C)CCC(C(N)=O)(c1ccc(Cl)cc1)c1ccccn1. The van der Waals surface area contributed by atoms with Gasteiger partial charge in [0.05, 0.1) is 5.69 Å². The molecule has 0 aliphatic heterocycles. The van der Waals surface area contributed by atoms with Crippen molar-refractivity contribution < 1.29 is 4.79 Å². The zero-order chi connectivity index (χ0) is 16.2. The third-order valence-electron chi connectivity index (χ3n) is 3.79. The molecule has 0 bridgehead atoms. The van der Waals surface area contributed by atoms with Crippen molar-refractivity contribution in [3.05, 3.63) is 64.9 Å². The van der Waals surface area contributed by atoms with Crippen LogP contribution in [0.1, 0.15) is 17.7 Å². The smallest absolute Gasteiger partial charge is 0.234 e. The molecule has 2 aromatic rings. The second-order valence-electron chi connectivity index (χ2n) is 5.54. The summed E-state index contributed by atoms with van der Waals surface area (Å²) >= 11 is 5.97. The quantitative estimate of drug-likeness (QED) is 0.890. The molecule has 1 aromatic heterocycles. The summed E-state index contributed by atoms with van der Waals surface area (Å²) in [5.41, 5.74) is 6.34. The molecule has 0 aliphatic rings. The second-order valence-corrected chi connectivity index (χ2v) is 5.98. The maximum atomic E-state index is 12.5. The molecular formula is C17H20ClN3O. The third-order valence-corrected chi connectivity index (χ3v) is 4.05. The molecule has 1 aromatic carbocycles. The van der Waals surface area contributed by atoms with Gasteiger partial charge in [-0.2, -0.15) is 0 Å². The summed E-state index contributed by atoms with van der Waals surface area (Å²) in [4.78, 5) is 18.9. The molecule has 4 nitrogen and oxygen atoms in total. The van der Waals surface area contributed by atoms with Crippen LogP contribution >= 0.6 is 11.6 Å². The Morgan fingerprint density at radius 1 is 1.23 bits per heavy atom. The van der Waals surface area contributed by atoms with Crippen molar-refractivity contribution in [3.63, 3.8) is 0 Å². The van der Waals surface area contributed by atoms with Crippen molar-refractivity contribution in [1.29, 1.82) is 0 Å². The van der Waals surface area contributed by atoms with Gasteiger partial charge in [-0.15, -0.1) is 0 Å². The van der Waals surface area contributed by atoms with E-state index >= 15 is 0 Å². The Labute approximate surface area is 135 Å². The fraction of sp³-hybridized carbons (Fsp3) is 0.294. The lowest BCUT2D eigenvalue weighted by Crippen LogP contribution is -2.44. The van der Waals surface area contributed by atoms with Gasteiger partial charge in [0.25, 0.3) is 0 Å². The van der Waals surface area contributed by atoms with E-state index in [1.807, 2.05) is 49.3 Å². The van der Waals surface area contributed by atoms with E-state index in [0.29, 0.717) is 23.7 Å². The van der Waals surface area contributed by atoms with Crippen molar-refractivity contribution in [2.75, 3.05) is 20.6 Å². The molecule has 116 valence electrons. The van der Waals surface area contributed by atoms with Gasteiger partial charge in [-0.05, 0) is 56.9 Å². The number of aromatic nitrogens is 1. The standard InChI is InChI=1S/C17H20ClN3O/c1-21(2)12-10-17(16(19)22,15-5-3-4-11-20-15)13-6-8-14(18)9-7-13/h3-9,11H,10,12H2,1-2H3,(H2,19,22). The van der Waals surface area contributed by atoms with Crippen LogP contribution < -0.4 is 5.73 Å². The molecule has 1 heterocycles. The number of hydrogen-bond acceptors (Lipinski definition) is 3. The van der Waals surface area contributed by atoms with Crippen molar-refractivity contribution in [2.45, 2.75) is 11.8 Å². The number of carbonyl (C=O) groups excluding carboxylic acids is 1. The average Bonchev–Trinajstić information content (AvgIpc) is 2.50. The van der Waals surface area contributed by atoms with Crippen molar-refractivity contribution in [3.8, 4) is 0 Å². The van der Waals surface area contributed by atoms with Gasteiger partial charge in [0.2, 0.25) is 5.91 Å². The molecule has 2 N–H and O–H groups in total. The van der Waals surface area contributed by atoms with Gasteiger partial charge >= 0.3 is 0 Å². The molecule has 0 aliphatic carbocycles. The van der Waals surface area contributed by atoms with Gasteiger partial charge in [-0.1, -0.05) is 29.8 Å². The van der Waals surface area contributed by atoms with Crippen LogP contribution in [0.15, 0.2) is 48.7 Å². The normalized spacial score (nSPS) is 13.8. The fourth-order valence-corrected chi connectivity index (χ4v) is 2.68. The molecule has 5 heteroatoms. The predicted molar refractivity (Wildman–Crippen MR) is 88.8 cm³/mol. The second kappa shape index (κ2) is 6.90. The number of hydrogen-bond donors (Lipinski definition) is 1. The zero-order valence-corrected chi connectivity index (χ0v) is 13.5. The van der Waals surface area contributed by atoms with Gasteiger partial charge in [0, 0.05) is 11.2 Å². The largest absolute Gasteiger partial charge is 0.369 e. The van der Waals surface area contributed by atoms with Crippen LogP contribution in [0.5, 0.6) is 0 Å². The first-order chi connectivity index (χ1) is 10.5. The molecule has 0 radical (unpaired) electrons. The molecule has 1 atom stereocenters. The van der Waals surface area contributed by atoms with Gasteiger partial charge in [0.1, 0.15) is 5.41 Å². The van der Waals surface area contributed by atoms with Crippen molar-refractivity contribution >= 4 is 17.5 Å². The predicted octanol–water partition coefficient (Wildman–Crippen LogP) is 2.46. The number of rotatable bonds is 6. The summed E-state index contributed by atoms with van der Waals surface area (Å²) in [6.07, 6.45) is 2.23. The van der Waals surface area contributed by atoms with Gasteiger partial charge < -0.3 is 10.6 Å². The molecule has 0 spiro atoms. The molecule has 1 amide bonds. The Bertz CT molecular complexity index is 628. The monoisotopic (exact) mass is 317 g/mol. The summed E-state index contributed by atoms with van der Waals surface area (Å²) in [5.74, 6) is -0.407. The van der Waals surface area contributed by atoms with Crippen LogP contribution in [0.3, 0.4) is 0 Å². The minimum Gasteiger partial charge on any atom is -0.369 e. The van der Waals surface area contributed by atoms with Crippen LogP contribution in [0.2, 0.25) is 5.02 Å². The lowest BCUT2D eigenvalue weighted by molar-refractivity contribution is -0.122. The summed E-state index contributed by atoms with van der Waals surface area (Å²) in [6.45, 7) is 0.710. The number of benzene rings is 1. The minimum absolute atomic E-state index is 0.407. The highest BCUT2D eigenvalue weighted by Gasteiger charge is 2.41. The van der Waals surface area contributed by atoms with Crippen LogP contribution in [0.4, 0.5) is 0 Å². The summed E-state index contributed by atoms with van der Waals surface area (Å²) < 4.78 is 0. The van der Waals surface area contributed by atoms with E-state index in [2.05, 4.69) is 4.98 Å². The lowest BCUT2D eigenvalue weighted by Gasteiger charge is -2.32. The van der Waals surface area contributed by atoms with Crippen LogP contribution in [0.25, 0.3) is 0 Å². The molecule has 0 fully saturated rings. The maximum Gasteiger partial charge on any atom is 0.234 e. The number of primary amides is 1. The molecule has 0 saturated heterocycles. The van der Waals surface area contributed by atoms with Crippen molar-refractivity contribution in [2.24, 2.45) is 5.73 Å². The Kier molecular flexibility index (Phi) is 5.16. The molecular weight excluding hydrogens is 298 g/mol. The Morgan fingerprint density at radius 2 is 1.91 bits per heavy atom. The Hall–Kier alpha value is -1.91. The first-order valence-corrected chi connectivity index (χ1v) is 7.47. The number of pyridine rings is 1. The Balaban J connectivity index is 2.59. The van der Waals surface area contributed by atoms with Crippen LogP contribution in [0, 0.1) is 0 Å². The van der Waals surface area contributed by atoms with E-state index < -0.39 is 11.3 Å². The van der Waals surface area contributed by atoms with Crippen LogP contribution in [-0.4, -0.2) is 36.4 Å². The topological polar surface area (TPSA) is 59.2 Å².